The van der Waals surface area contributed by atoms with Crippen molar-refractivity contribution in [1.29, 1.82) is 0 Å². The van der Waals surface area contributed by atoms with Gasteiger partial charge in [-0.25, -0.2) is 6.57 Å². The number of para-hydroxylation sites is 1. The zero-order valence-corrected chi connectivity index (χ0v) is 21.1. The molecule has 2 aromatic carbocycles. The van der Waals surface area contributed by atoms with Crippen LogP contribution < -0.4 is 5.32 Å². The van der Waals surface area contributed by atoms with E-state index in [0.29, 0.717) is 12.0 Å². The molecule has 8 nitrogen and oxygen atoms in total. The summed E-state index contributed by atoms with van der Waals surface area (Å²) in [5.41, 5.74) is 1.83. The van der Waals surface area contributed by atoms with Crippen LogP contribution >= 0.6 is 0 Å². The average molecular weight is 496 g/mol. The lowest BCUT2D eigenvalue weighted by Gasteiger charge is -2.32. The number of aromatic nitrogens is 1. The molecule has 1 aromatic heterocycles. The van der Waals surface area contributed by atoms with Crippen LogP contribution in [-0.2, 0) is 15.0 Å². The van der Waals surface area contributed by atoms with Gasteiger partial charge in [0.2, 0.25) is 5.91 Å². The summed E-state index contributed by atoms with van der Waals surface area (Å²) in [6.07, 6.45) is 1.59. The number of likely N-dealkylation sites (tertiary alicyclic amines) is 1. The summed E-state index contributed by atoms with van der Waals surface area (Å²) in [5, 5.41) is 3.76. The van der Waals surface area contributed by atoms with Crippen molar-refractivity contribution in [2.75, 3.05) is 18.9 Å². The highest BCUT2D eigenvalue weighted by Crippen LogP contribution is 2.47. The zero-order valence-electron chi connectivity index (χ0n) is 21.1. The van der Waals surface area contributed by atoms with Crippen molar-refractivity contribution in [3.8, 4) is 0 Å². The van der Waals surface area contributed by atoms with Gasteiger partial charge in [-0.3, -0.25) is 29.1 Å². The zero-order chi connectivity index (χ0) is 26.3. The summed E-state index contributed by atoms with van der Waals surface area (Å²) in [5.74, 6) is -0.639. The van der Waals surface area contributed by atoms with Crippen molar-refractivity contribution in [2.24, 2.45) is 5.92 Å². The number of fused-ring (bicyclic) bond motifs is 3. The molecule has 0 radical (unpaired) electrons. The first-order valence-corrected chi connectivity index (χ1v) is 12.4. The number of carbonyl (C=O) groups is 3. The van der Waals surface area contributed by atoms with Gasteiger partial charge in [0.25, 0.3) is 11.8 Å². The molecular formula is C29H29N5O3. The molecule has 1 saturated heterocycles. The Hall–Kier alpha value is -4.25. The van der Waals surface area contributed by atoms with Crippen LogP contribution in [0.15, 0.2) is 60.8 Å². The van der Waals surface area contributed by atoms with Gasteiger partial charge in [0, 0.05) is 36.4 Å². The maximum absolute atomic E-state index is 14.0. The lowest BCUT2D eigenvalue weighted by molar-refractivity contribution is -0.136. The van der Waals surface area contributed by atoms with Crippen molar-refractivity contribution in [3.63, 3.8) is 0 Å². The molecule has 1 fully saturated rings. The molecule has 0 bridgehead atoms. The summed E-state index contributed by atoms with van der Waals surface area (Å²) < 4.78 is 0. The highest BCUT2D eigenvalue weighted by Gasteiger charge is 2.59. The molecule has 8 heteroatoms. The topological polar surface area (TPSA) is 87.0 Å². The van der Waals surface area contributed by atoms with Crippen LogP contribution in [0.3, 0.4) is 0 Å². The maximum atomic E-state index is 14.0. The minimum absolute atomic E-state index is 0.111. The first-order chi connectivity index (χ1) is 17.7. The third-order valence-corrected chi connectivity index (χ3v) is 7.51. The molecule has 2 aliphatic rings. The van der Waals surface area contributed by atoms with Gasteiger partial charge in [-0.1, -0.05) is 38.1 Å². The van der Waals surface area contributed by atoms with E-state index in [0.717, 1.165) is 22.2 Å². The highest BCUT2D eigenvalue weighted by atomic mass is 16.2. The van der Waals surface area contributed by atoms with Crippen molar-refractivity contribution < 1.29 is 14.4 Å². The number of carbonyl (C=O) groups excluding carboxylic acids is 3. The van der Waals surface area contributed by atoms with Gasteiger partial charge in [0.05, 0.1) is 11.9 Å². The van der Waals surface area contributed by atoms with Gasteiger partial charge in [0.15, 0.2) is 0 Å². The van der Waals surface area contributed by atoms with Gasteiger partial charge in [0.1, 0.15) is 11.5 Å². The summed E-state index contributed by atoms with van der Waals surface area (Å²) in [7, 11) is 1.64. The van der Waals surface area contributed by atoms with E-state index < -0.39 is 17.6 Å². The van der Waals surface area contributed by atoms with E-state index in [1.54, 1.807) is 31.4 Å². The second-order valence-corrected chi connectivity index (χ2v) is 10.3. The van der Waals surface area contributed by atoms with E-state index in [-0.39, 0.29) is 36.6 Å². The first kappa shape index (κ1) is 24.4. The molecule has 1 N–H and O–H groups in total. The Morgan fingerprint density at radius 3 is 2.76 bits per heavy atom. The number of nitrogens with one attached hydrogen (secondary N) is 1. The Kier molecular flexibility index (Phi) is 6.16. The quantitative estimate of drug-likeness (QED) is 0.540. The normalized spacial score (nSPS) is 21.1. The van der Waals surface area contributed by atoms with Crippen LogP contribution in [0.1, 0.15) is 42.6 Å². The number of likely N-dealkylation sites (N-methyl/N-ethyl adjacent to an activating group) is 1. The molecular weight excluding hydrogens is 466 g/mol. The molecule has 3 aromatic rings. The van der Waals surface area contributed by atoms with Crippen LogP contribution in [0, 0.1) is 12.5 Å². The molecule has 1 spiro atoms. The van der Waals surface area contributed by atoms with Crippen LogP contribution in [0.2, 0.25) is 0 Å². The fourth-order valence-corrected chi connectivity index (χ4v) is 5.57. The van der Waals surface area contributed by atoms with Crippen LogP contribution in [-0.4, -0.2) is 58.3 Å². The molecule has 5 rings (SSSR count). The Morgan fingerprint density at radius 1 is 1.22 bits per heavy atom. The Bertz CT molecular complexity index is 1440. The monoisotopic (exact) mass is 495 g/mol. The molecule has 0 aliphatic carbocycles. The summed E-state index contributed by atoms with van der Waals surface area (Å²) in [4.78, 5) is 51.8. The van der Waals surface area contributed by atoms with E-state index >= 15 is 0 Å². The summed E-state index contributed by atoms with van der Waals surface area (Å²) >= 11 is 0. The van der Waals surface area contributed by atoms with E-state index in [1.165, 1.54) is 9.80 Å². The third kappa shape index (κ3) is 4.10. The van der Waals surface area contributed by atoms with Crippen molar-refractivity contribution in [2.45, 2.75) is 44.3 Å². The van der Waals surface area contributed by atoms with E-state index in [9.17, 15) is 14.4 Å². The number of pyridine rings is 1. The lowest BCUT2D eigenvalue weighted by Crippen LogP contribution is -2.51. The van der Waals surface area contributed by atoms with Gasteiger partial charge >= 0.3 is 6.17 Å². The molecule has 3 amide bonds. The summed E-state index contributed by atoms with van der Waals surface area (Å²) in [6.45, 7) is 11.9. The van der Waals surface area contributed by atoms with Gasteiger partial charge < -0.3 is 10.2 Å². The predicted molar refractivity (Wildman–Crippen MR) is 141 cm³/mol. The first-order valence-electron chi connectivity index (χ1n) is 12.4. The minimum Gasteiger partial charge on any atom is -0.330 e. The smallest absolute Gasteiger partial charge is 0.302 e. The maximum Gasteiger partial charge on any atom is 0.302 e. The Labute approximate surface area is 216 Å². The van der Waals surface area contributed by atoms with Gasteiger partial charge in [-0.15, -0.1) is 0 Å². The summed E-state index contributed by atoms with van der Waals surface area (Å²) in [6, 6.07) is 15.7. The van der Waals surface area contributed by atoms with Crippen LogP contribution in [0.25, 0.3) is 15.7 Å². The Morgan fingerprint density at radius 2 is 2.00 bits per heavy atom. The predicted octanol–water partition coefficient (Wildman–Crippen LogP) is 4.09. The fraction of sp³-hybridized carbons (Fsp3) is 0.345. The van der Waals surface area contributed by atoms with Crippen molar-refractivity contribution >= 4 is 34.3 Å². The van der Waals surface area contributed by atoms with Gasteiger partial charge in [-0.2, -0.15) is 0 Å². The molecule has 3 heterocycles. The van der Waals surface area contributed by atoms with E-state index in [1.807, 2.05) is 50.2 Å². The SMILES string of the molecule is [C-]#[N+][C@@H]1C[C@@]2(CN1C(=O)[C@H](CC(C)C)N(C)C(=O)c1ccc3ncccc3c1)C(=O)Nc1ccccc12. The second-order valence-electron chi connectivity index (χ2n) is 10.3. The number of anilines is 1. The molecule has 3 atom stereocenters. The minimum atomic E-state index is -0.961. The molecule has 0 saturated carbocycles. The van der Waals surface area contributed by atoms with Crippen molar-refractivity contribution in [3.05, 3.63) is 83.3 Å². The number of amides is 3. The number of hydrogen-bond acceptors (Lipinski definition) is 4. The molecule has 2 aliphatic heterocycles. The van der Waals surface area contributed by atoms with E-state index in [4.69, 9.17) is 6.57 Å². The molecule has 188 valence electrons. The number of nitrogens with zero attached hydrogens (tertiary/aromatic N) is 4. The molecule has 37 heavy (non-hydrogen) atoms. The van der Waals surface area contributed by atoms with Crippen molar-refractivity contribution in [1.82, 2.24) is 14.8 Å². The van der Waals surface area contributed by atoms with E-state index in [2.05, 4.69) is 15.1 Å². The fourth-order valence-electron chi connectivity index (χ4n) is 5.57. The Balaban J connectivity index is 1.46. The van der Waals surface area contributed by atoms with Gasteiger partial charge in [-0.05, 0) is 48.2 Å². The lowest BCUT2D eigenvalue weighted by atomic mass is 9.80. The largest absolute Gasteiger partial charge is 0.330 e. The average Bonchev–Trinajstić information content (AvgIpc) is 3.43. The number of hydrogen-bond donors (Lipinski definition) is 1. The molecule has 0 unspecified atom stereocenters. The number of benzene rings is 2. The van der Waals surface area contributed by atoms with Crippen LogP contribution in [0.4, 0.5) is 5.69 Å². The standard InChI is InChI=1S/C29H29N5O3/c1-18(2)14-24(33(4)26(35)20-11-12-22-19(15-20)8-7-13-31-22)27(36)34-17-29(16-25(34)30-3)21-9-5-6-10-23(21)32-28(29)37/h5-13,15,18,24-25H,14,16-17H2,1-2,4H3,(H,32,37)/t24-,25-,29-/m0/s1. The number of rotatable bonds is 5. The highest BCUT2D eigenvalue weighted by molar-refractivity contribution is 6.07. The second kappa shape index (κ2) is 9.32. The third-order valence-electron chi connectivity index (χ3n) is 7.51. The van der Waals surface area contributed by atoms with Crippen LogP contribution in [0.5, 0.6) is 0 Å².